The normalized spacial score (nSPS) is 22.4. The summed E-state index contributed by atoms with van der Waals surface area (Å²) in [7, 11) is 1.52. The van der Waals surface area contributed by atoms with Crippen LogP contribution in [0.1, 0.15) is 35.6 Å². The van der Waals surface area contributed by atoms with Crippen molar-refractivity contribution in [3.63, 3.8) is 0 Å². The molecule has 4 aromatic rings. The standard InChI is InChI=1S/C32H28F6N4O3/c1-3-16-15-42-9-7-17(16)10-25(42)26(22-6-8-39-24-5-4-21(45-2)14-23(22)24)41-28-27(29(43)30(28)44)40-20-12-18(31(33,34)35)11-19(13-20)32(36,37)38/h3-6,8,11-14,16-17,25-26,40-41H,1,7,9-10,15H2,2H3/t16?,17?,25-,26?/m1/s1. The van der Waals surface area contributed by atoms with Gasteiger partial charge in [-0.25, -0.2) is 0 Å². The second-order valence-corrected chi connectivity index (χ2v) is 11.5. The van der Waals surface area contributed by atoms with Crippen LogP contribution in [0.3, 0.4) is 0 Å². The maximum atomic E-state index is 13.5. The minimum Gasteiger partial charge on any atom is -0.497 e. The van der Waals surface area contributed by atoms with Crippen LogP contribution in [0, 0.1) is 11.8 Å². The number of nitrogens with zero attached hydrogens (tertiary/aromatic N) is 2. The highest BCUT2D eigenvalue weighted by atomic mass is 19.4. The molecule has 3 aliphatic rings. The average Bonchev–Trinajstić information content (AvgIpc) is 3.03. The summed E-state index contributed by atoms with van der Waals surface area (Å²) in [6.07, 6.45) is -4.94. The molecule has 3 saturated heterocycles. The molecule has 1 aromatic heterocycles. The summed E-state index contributed by atoms with van der Waals surface area (Å²) in [5, 5.41) is 6.30. The van der Waals surface area contributed by atoms with E-state index in [0.717, 1.165) is 36.9 Å². The lowest BCUT2D eigenvalue weighted by atomic mass is 9.73. The molecule has 2 N–H and O–H groups in total. The fraction of sp³-hybridized carbons (Fsp3) is 0.344. The fourth-order valence-electron chi connectivity index (χ4n) is 6.63. The Morgan fingerprint density at radius 3 is 2.29 bits per heavy atom. The number of alkyl halides is 6. The molecule has 7 nitrogen and oxygen atoms in total. The third kappa shape index (κ3) is 5.65. The molecule has 0 spiro atoms. The van der Waals surface area contributed by atoms with E-state index in [-0.39, 0.29) is 23.7 Å². The first kappa shape index (κ1) is 30.6. The molecule has 4 unspecified atom stereocenters. The number of pyridine rings is 1. The zero-order valence-corrected chi connectivity index (χ0v) is 23.9. The van der Waals surface area contributed by atoms with Crippen LogP contribution in [0.2, 0.25) is 0 Å². The summed E-state index contributed by atoms with van der Waals surface area (Å²) in [5.74, 6) is 1.16. The number of methoxy groups -OCH3 is 1. The van der Waals surface area contributed by atoms with E-state index in [1.165, 1.54) is 7.11 Å². The first-order valence-electron chi connectivity index (χ1n) is 14.2. The predicted octanol–water partition coefficient (Wildman–Crippen LogP) is 6.67. The quantitative estimate of drug-likeness (QED) is 0.128. The Morgan fingerprint density at radius 1 is 1.00 bits per heavy atom. The zero-order chi connectivity index (χ0) is 32.3. The van der Waals surface area contributed by atoms with Crippen LogP contribution in [0.5, 0.6) is 5.75 Å². The van der Waals surface area contributed by atoms with Crippen molar-refractivity contribution in [3.8, 4) is 5.75 Å². The summed E-state index contributed by atoms with van der Waals surface area (Å²) >= 11 is 0. The van der Waals surface area contributed by atoms with Gasteiger partial charge in [-0.05, 0) is 79.3 Å². The Morgan fingerprint density at radius 2 is 1.69 bits per heavy atom. The van der Waals surface area contributed by atoms with Gasteiger partial charge in [-0.1, -0.05) is 6.08 Å². The van der Waals surface area contributed by atoms with Gasteiger partial charge in [-0.3, -0.25) is 19.5 Å². The van der Waals surface area contributed by atoms with Crippen molar-refractivity contribution in [2.75, 3.05) is 30.8 Å². The second kappa shape index (κ2) is 11.2. The third-order valence-electron chi connectivity index (χ3n) is 8.92. The van der Waals surface area contributed by atoms with Gasteiger partial charge in [0.2, 0.25) is 0 Å². The van der Waals surface area contributed by atoms with Gasteiger partial charge in [0.05, 0.1) is 29.8 Å². The summed E-state index contributed by atoms with van der Waals surface area (Å²) < 4.78 is 86.4. The predicted molar refractivity (Wildman–Crippen MR) is 158 cm³/mol. The number of benzene rings is 2. The van der Waals surface area contributed by atoms with E-state index in [2.05, 4.69) is 27.1 Å². The van der Waals surface area contributed by atoms with E-state index in [4.69, 9.17) is 4.74 Å². The SMILES string of the molecule is C=CC1CN2CCC1C[C@@H]2C(Nc1c(Nc2cc(C(F)(F)F)cc(C(F)(F)F)c2)c(=O)c1=O)c1ccnc2ccc(OC)cc12. The van der Waals surface area contributed by atoms with Crippen LogP contribution in [0.4, 0.5) is 43.4 Å². The molecule has 3 aliphatic heterocycles. The first-order chi connectivity index (χ1) is 21.3. The van der Waals surface area contributed by atoms with Crippen LogP contribution in [0.25, 0.3) is 10.9 Å². The Balaban J connectivity index is 1.43. The van der Waals surface area contributed by atoms with E-state index in [1.807, 2.05) is 6.08 Å². The van der Waals surface area contributed by atoms with Crippen molar-refractivity contribution in [2.45, 2.75) is 37.3 Å². The van der Waals surface area contributed by atoms with Gasteiger partial charge >= 0.3 is 12.4 Å². The molecule has 0 saturated carbocycles. The number of rotatable bonds is 8. The molecule has 5 atom stereocenters. The van der Waals surface area contributed by atoms with Crippen molar-refractivity contribution in [1.29, 1.82) is 0 Å². The molecular formula is C32H28F6N4O3. The number of ether oxygens (including phenoxy) is 1. The maximum absolute atomic E-state index is 13.5. The van der Waals surface area contributed by atoms with Gasteiger partial charge in [0.15, 0.2) is 0 Å². The number of piperidine rings is 3. The van der Waals surface area contributed by atoms with Crippen LogP contribution in [-0.4, -0.2) is 36.1 Å². The average molecular weight is 631 g/mol. The summed E-state index contributed by atoms with van der Waals surface area (Å²) in [4.78, 5) is 32.4. The fourth-order valence-corrected chi connectivity index (χ4v) is 6.63. The highest BCUT2D eigenvalue weighted by Gasteiger charge is 2.44. The molecule has 3 fully saturated rings. The van der Waals surface area contributed by atoms with Crippen molar-refractivity contribution in [3.05, 3.63) is 98.5 Å². The number of fused-ring (bicyclic) bond motifs is 4. The number of nitrogens with one attached hydrogen (secondary N) is 2. The van der Waals surface area contributed by atoms with Crippen molar-refractivity contribution >= 4 is 28.0 Å². The van der Waals surface area contributed by atoms with Crippen molar-refractivity contribution in [1.82, 2.24) is 9.88 Å². The maximum Gasteiger partial charge on any atom is 0.416 e. The summed E-state index contributed by atoms with van der Waals surface area (Å²) in [6, 6.07) is 7.29. The van der Waals surface area contributed by atoms with Crippen LogP contribution in [-0.2, 0) is 12.4 Å². The molecule has 236 valence electrons. The molecule has 0 radical (unpaired) electrons. The smallest absolute Gasteiger partial charge is 0.416 e. The monoisotopic (exact) mass is 630 g/mol. The first-order valence-corrected chi connectivity index (χ1v) is 14.2. The number of anilines is 3. The van der Waals surface area contributed by atoms with Crippen LogP contribution < -0.4 is 26.2 Å². The van der Waals surface area contributed by atoms with Gasteiger partial charge in [-0.15, -0.1) is 6.58 Å². The lowest BCUT2D eigenvalue weighted by Gasteiger charge is -2.52. The molecule has 3 aromatic carbocycles. The third-order valence-corrected chi connectivity index (χ3v) is 8.92. The Bertz CT molecular complexity index is 1810. The van der Waals surface area contributed by atoms with E-state index < -0.39 is 51.8 Å². The molecule has 13 heteroatoms. The Hall–Kier alpha value is -4.39. The Kier molecular flexibility index (Phi) is 7.62. The largest absolute Gasteiger partial charge is 0.497 e. The lowest BCUT2D eigenvalue weighted by molar-refractivity contribution is -0.143. The molecule has 45 heavy (non-hydrogen) atoms. The Labute approximate surface area is 253 Å². The van der Waals surface area contributed by atoms with Gasteiger partial charge in [0.25, 0.3) is 10.9 Å². The topological polar surface area (TPSA) is 83.6 Å². The van der Waals surface area contributed by atoms with Crippen molar-refractivity contribution < 1.29 is 31.1 Å². The number of halogens is 6. The minimum absolute atomic E-state index is 0.00556. The highest BCUT2D eigenvalue weighted by molar-refractivity contribution is 5.85. The van der Waals surface area contributed by atoms with Gasteiger partial charge < -0.3 is 15.4 Å². The van der Waals surface area contributed by atoms with Gasteiger partial charge in [-0.2, -0.15) is 26.3 Å². The van der Waals surface area contributed by atoms with Crippen molar-refractivity contribution in [2.24, 2.45) is 11.8 Å². The van der Waals surface area contributed by atoms with Crippen LogP contribution >= 0.6 is 0 Å². The molecule has 0 amide bonds. The molecule has 2 bridgehead atoms. The number of hydrogen-bond acceptors (Lipinski definition) is 7. The van der Waals surface area contributed by atoms with Gasteiger partial charge in [0, 0.05) is 29.9 Å². The van der Waals surface area contributed by atoms with Gasteiger partial charge in [0.1, 0.15) is 17.1 Å². The number of aromatic nitrogens is 1. The molecule has 4 heterocycles. The zero-order valence-electron chi connectivity index (χ0n) is 23.9. The summed E-state index contributed by atoms with van der Waals surface area (Å²) in [5.41, 5.74) is -4.95. The number of hydrogen-bond donors (Lipinski definition) is 2. The van der Waals surface area contributed by atoms with E-state index >= 15 is 0 Å². The van der Waals surface area contributed by atoms with E-state index in [0.29, 0.717) is 29.3 Å². The van der Waals surface area contributed by atoms with Crippen LogP contribution in [0.15, 0.2) is 70.9 Å². The van der Waals surface area contributed by atoms with E-state index in [1.54, 1.807) is 30.5 Å². The molecular weight excluding hydrogens is 602 g/mol. The van der Waals surface area contributed by atoms with E-state index in [9.17, 15) is 35.9 Å². The summed E-state index contributed by atoms with van der Waals surface area (Å²) in [6.45, 7) is 5.48. The second-order valence-electron chi connectivity index (χ2n) is 11.5. The minimum atomic E-state index is -5.08. The molecule has 7 rings (SSSR count). The molecule has 0 aliphatic carbocycles. The lowest BCUT2D eigenvalue weighted by Crippen LogP contribution is -2.56. The highest BCUT2D eigenvalue weighted by Crippen LogP contribution is 2.44.